The topological polar surface area (TPSA) is 105 Å². The van der Waals surface area contributed by atoms with Crippen LogP contribution in [0.15, 0.2) is 70.1 Å². The van der Waals surface area contributed by atoms with Crippen LogP contribution in [0, 0.1) is 11.3 Å². The summed E-state index contributed by atoms with van der Waals surface area (Å²) in [5.41, 5.74) is 4.79. The molecule has 2 N–H and O–H groups in total. The number of anilines is 1. The van der Waals surface area contributed by atoms with Crippen molar-refractivity contribution >= 4 is 34.1 Å². The largest absolute Gasteiger partial charge is 0.383 e. The summed E-state index contributed by atoms with van der Waals surface area (Å²) in [4.78, 5) is 22.7. The second kappa shape index (κ2) is 10.5. The highest BCUT2D eigenvalue weighted by Crippen LogP contribution is 2.18. The minimum Gasteiger partial charge on any atom is -0.383 e. The summed E-state index contributed by atoms with van der Waals surface area (Å²) in [6.07, 6.45) is 10.5. The van der Waals surface area contributed by atoms with Crippen molar-refractivity contribution in [3.8, 4) is 6.07 Å². The molecule has 0 aliphatic heterocycles. The van der Waals surface area contributed by atoms with E-state index in [9.17, 15) is 0 Å². The average Bonchev–Trinajstić information content (AvgIpc) is 3.14. The van der Waals surface area contributed by atoms with Crippen LogP contribution in [0.25, 0.3) is 11.0 Å². The monoisotopic (exact) mass is 402 g/mol. The fourth-order valence-corrected chi connectivity index (χ4v) is 2.65. The molecular formula is C22H26N8. The summed E-state index contributed by atoms with van der Waals surface area (Å²) in [6.45, 7) is 7.67. The van der Waals surface area contributed by atoms with Crippen LogP contribution in [0.5, 0.6) is 0 Å². The van der Waals surface area contributed by atoms with Crippen LogP contribution in [0.4, 0.5) is 5.69 Å². The van der Waals surface area contributed by atoms with Crippen molar-refractivity contribution in [1.82, 2.24) is 14.9 Å². The van der Waals surface area contributed by atoms with Gasteiger partial charge in [0.25, 0.3) is 0 Å². The predicted octanol–water partition coefficient (Wildman–Crippen LogP) is 3.90. The Kier molecular flexibility index (Phi) is 7.82. The molecule has 0 bridgehead atoms. The van der Waals surface area contributed by atoms with Gasteiger partial charge >= 0.3 is 0 Å². The summed E-state index contributed by atoms with van der Waals surface area (Å²) in [6, 6.07) is 3.97. The Bertz CT molecular complexity index is 1100. The van der Waals surface area contributed by atoms with Crippen LogP contribution in [-0.2, 0) is 0 Å². The third kappa shape index (κ3) is 5.52. The number of nitrogens with zero attached hydrogens (tertiary/aromatic N) is 6. The van der Waals surface area contributed by atoms with Gasteiger partial charge in [-0.2, -0.15) is 5.26 Å². The maximum absolute atomic E-state index is 9.12. The highest BCUT2D eigenvalue weighted by molar-refractivity contribution is 6.49. The zero-order valence-corrected chi connectivity index (χ0v) is 17.9. The molecule has 30 heavy (non-hydrogen) atoms. The standard InChI is InChI=1S/C22H26N8/c1-7-9-25-20(16(8-2)14-30(5)6)15(3)28-22(24-4)29-18-10-19-21(27-13-18)17(11-23)12-26-19/h7-10,12-14,26H,2H2,1,3-6H3,(H,24,29)/b9-7-,16-14+,25-20-,28-15?. The molecule has 0 aliphatic carbocycles. The van der Waals surface area contributed by atoms with Gasteiger partial charge in [-0.3, -0.25) is 15.0 Å². The molecule has 8 nitrogen and oxygen atoms in total. The van der Waals surface area contributed by atoms with E-state index >= 15 is 0 Å². The van der Waals surface area contributed by atoms with Crippen molar-refractivity contribution in [2.24, 2.45) is 15.0 Å². The van der Waals surface area contributed by atoms with Gasteiger partial charge in [-0.15, -0.1) is 0 Å². The number of aromatic amines is 1. The number of rotatable bonds is 6. The zero-order chi connectivity index (χ0) is 22.1. The molecule has 0 saturated carbocycles. The van der Waals surface area contributed by atoms with Gasteiger partial charge in [-0.1, -0.05) is 18.7 Å². The Morgan fingerprint density at radius 3 is 2.77 bits per heavy atom. The van der Waals surface area contributed by atoms with E-state index in [0.29, 0.717) is 34.2 Å². The van der Waals surface area contributed by atoms with E-state index in [-0.39, 0.29) is 0 Å². The first-order chi connectivity index (χ1) is 14.4. The van der Waals surface area contributed by atoms with E-state index in [1.807, 2.05) is 51.2 Å². The number of fused-ring (bicyclic) bond motifs is 1. The Labute approximate surface area is 176 Å². The number of nitrogens with one attached hydrogen (secondary N) is 2. The van der Waals surface area contributed by atoms with Gasteiger partial charge in [-0.25, -0.2) is 4.99 Å². The normalized spacial score (nSPS) is 13.6. The van der Waals surface area contributed by atoms with Gasteiger partial charge in [0, 0.05) is 45.3 Å². The van der Waals surface area contributed by atoms with Crippen molar-refractivity contribution in [3.05, 3.63) is 60.7 Å². The van der Waals surface area contributed by atoms with Crippen molar-refractivity contribution in [3.63, 3.8) is 0 Å². The van der Waals surface area contributed by atoms with Gasteiger partial charge in [0.1, 0.15) is 11.6 Å². The smallest absolute Gasteiger partial charge is 0.222 e. The quantitative estimate of drug-likeness (QED) is 0.434. The molecule has 0 fully saturated rings. The summed E-state index contributed by atoms with van der Waals surface area (Å²) < 4.78 is 0. The second-order valence-corrected chi connectivity index (χ2v) is 6.52. The molecule has 0 atom stereocenters. The first kappa shape index (κ1) is 22.3. The van der Waals surface area contributed by atoms with Gasteiger partial charge in [-0.05, 0) is 19.9 Å². The third-order valence-electron chi connectivity index (χ3n) is 3.96. The molecule has 0 unspecified atom stereocenters. The minimum absolute atomic E-state index is 0.405. The van der Waals surface area contributed by atoms with E-state index in [2.05, 4.69) is 42.9 Å². The number of pyridine rings is 1. The summed E-state index contributed by atoms with van der Waals surface area (Å²) >= 11 is 0. The fraction of sp³-hybridized carbons (Fsp3) is 0.227. The molecule has 0 saturated heterocycles. The van der Waals surface area contributed by atoms with E-state index in [1.54, 1.807) is 31.7 Å². The number of aromatic nitrogens is 2. The van der Waals surface area contributed by atoms with Crippen molar-refractivity contribution in [2.45, 2.75) is 13.8 Å². The maximum atomic E-state index is 9.12. The van der Waals surface area contributed by atoms with Crippen LogP contribution in [0.2, 0.25) is 0 Å². The fourth-order valence-electron chi connectivity index (χ4n) is 2.65. The Hall–Kier alpha value is -3.99. The van der Waals surface area contributed by atoms with Crippen molar-refractivity contribution in [1.29, 1.82) is 5.26 Å². The molecule has 8 heteroatoms. The molecule has 2 aromatic rings. The van der Waals surface area contributed by atoms with E-state index < -0.39 is 0 Å². The van der Waals surface area contributed by atoms with Crippen LogP contribution >= 0.6 is 0 Å². The Morgan fingerprint density at radius 1 is 1.40 bits per heavy atom. The number of allylic oxidation sites excluding steroid dienone is 3. The van der Waals surface area contributed by atoms with Crippen LogP contribution in [0.1, 0.15) is 19.4 Å². The predicted molar refractivity (Wildman–Crippen MR) is 125 cm³/mol. The number of nitriles is 1. The molecule has 2 rings (SSSR count). The van der Waals surface area contributed by atoms with Crippen LogP contribution < -0.4 is 5.32 Å². The van der Waals surface area contributed by atoms with Gasteiger partial charge in [0.15, 0.2) is 0 Å². The molecule has 0 radical (unpaired) electrons. The molecule has 0 amide bonds. The lowest BCUT2D eigenvalue weighted by Crippen LogP contribution is -2.19. The number of aliphatic imine (C=N–C) groups is 3. The average molecular weight is 403 g/mol. The second-order valence-electron chi connectivity index (χ2n) is 6.52. The number of H-pyrrole nitrogens is 1. The molecule has 0 aromatic carbocycles. The lowest BCUT2D eigenvalue weighted by Gasteiger charge is -2.12. The van der Waals surface area contributed by atoms with Gasteiger partial charge in [0.2, 0.25) is 5.96 Å². The lowest BCUT2D eigenvalue weighted by atomic mass is 10.1. The molecule has 2 heterocycles. The van der Waals surface area contributed by atoms with Gasteiger partial charge in [0.05, 0.1) is 34.4 Å². The lowest BCUT2D eigenvalue weighted by molar-refractivity contribution is 0.562. The van der Waals surface area contributed by atoms with E-state index in [4.69, 9.17) is 5.26 Å². The summed E-state index contributed by atoms with van der Waals surface area (Å²) in [5.74, 6) is 0.405. The molecule has 2 aromatic heterocycles. The molecule has 154 valence electrons. The maximum Gasteiger partial charge on any atom is 0.222 e. The zero-order valence-electron chi connectivity index (χ0n) is 17.9. The van der Waals surface area contributed by atoms with Crippen LogP contribution in [0.3, 0.4) is 0 Å². The van der Waals surface area contributed by atoms with Gasteiger partial charge < -0.3 is 15.2 Å². The highest BCUT2D eigenvalue weighted by atomic mass is 15.1. The number of hydrogen-bond acceptors (Lipinski definition) is 5. The third-order valence-corrected chi connectivity index (χ3v) is 3.96. The molecular weight excluding hydrogens is 376 g/mol. The minimum atomic E-state index is 0.405. The Morgan fingerprint density at radius 2 is 2.17 bits per heavy atom. The SMILES string of the molecule is C=CC(=C\N(C)C)/C(=N\C=C/C)C(C)=NC(=NC)Nc1cnc2c(C#N)c[nH]c2c1. The van der Waals surface area contributed by atoms with E-state index in [1.165, 1.54) is 0 Å². The molecule has 0 spiro atoms. The Balaban J connectivity index is 2.37. The van der Waals surface area contributed by atoms with Crippen molar-refractivity contribution < 1.29 is 0 Å². The van der Waals surface area contributed by atoms with Crippen LogP contribution in [-0.4, -0.2) is 53.4 Å². The van der Waals surface area contributed by atoms with Crippen molar-refractivity contribution in [2.75, 3.05) is 26.5 Å². The first-order valence-electron chi connectivity index (χ1n) is 9.30. The number of hydrogen-bond donors (Lipinski definition) is 2. The summed E-state index contributed by atoms with van der Waals surface area (Å²) in [7, 11) is 5.52. The molecule has 0 aliphatic rings. The number of guanidine groups is 1. The van der Waals surface area contributed by atoms with E-state index in [0.717, 1.165) is 11.1 Å². The highest BCUT2D eigenvalue weighted by Gasteiger charge is 2.11. The first-order valence-corrected chi connectivity index (χ1v) is 9.30. The summed E-state index contributed by atoms with van der Waals surface area (Å²) in [5, 5.41) is 12.3.